The van der Waals surface area contributed by atoms with E-state index in [2.05, 4.69) is 15.6 Å². The minimum absolute atomic E-state index is 0.0410. The summed E-state index contributed by atoms with van der Waals surface area (Å²) in [5.74, 6) is -1.21. The fraction of sp³-hybridized carbons (Fsp3) is 0.190. The SMILES string of the molecule is COc1ccc(NC(C)=O)cc1NC(=O)CCc1ncc(-c2ccc(F)cc2F)o1. The fourth-order valence-corrected chi connectivity index (χ4v) is 2.76. The molecule has 0 saturated carbocycles. The highest BCUT2D eigenvalue weighted by Crippen LogP contribution is 2.28. The van der Waals surface area contributed by atoms with Crippen LogP contribution in [-0.2, 0) is 16.0 Å². The second-order valence-corrected chi connectivity index (χ2v) is 6.39. The number of aromatic nitrogens is 1. The van der Waals surface area contributed by atoms with Crippen molar-refractivity contribution in [2.24, 2.45) is 0 Å². The van der Waals surface area contributed by atoms with Crippen LogP contribution in [0.15, 0.2) is 47.0 Å². The molecule has 1 heterocycles. The van der Waals surface area contributed by atoms with Gasteiger partial charge in [0.1, 0.15) is 17.4 Å². The number of hydrogen-bond donors (Lipinski definition) is 2. The quantitative estimate of drug-likeness (QED) is 0.605. The van der Waals surface area contributed by atoms with Gasteiger partial charge in [0.15, 0.2) is 11.7 Å². The van der Waals surface area contributed by atoms with Gasteiger partial charge in [-0.05, 0) is 30.3 Å². The molecule has 3 rings (SSSR count). The Balaban J connectivity index is 1.64. The maximum Gasteiger partial charge on any atom is 0.224 e. The van der Waals surface area contributed by atoms with Gasteiger partial charge in [0.05, 0.1) is 24.6 Å². The summed E-state index contributed by atoms with van der Waals surface area (Å²) in [7, 11) is 1.46. The number of nitrogens with one attached hydrogen (secondary N) is 2. The average Bonchev–Trinajstić information content (AvgIpc) is 3.15. The van der Waals surface area contributed by atoms with E-state index in [1.54, 1.807) is 18.2 Å². The van der Waals surface area contributed by atoms with Crippen molar-refractivity contribution in [2.45, 2.75) is 19.8 Å². The van der Waals surface area contributed by atoms with Crippen molar-refractivity contribution < 1.29 is 27.5 Å². The first kappa shape index (κ1) is 21.0. The first-order valence-electron chi connectivity index (χ1n) is 9.01. The molecule has 0 spiro atoms. The number of carbonyl (C=O) groups is 2. The Labute approximate surface area is 171 Å². The first-order chi connectivity index (χ1) is 14.4. The van der Waals surface area contributed by atoms with Crippen molar-refractivity contribution in [2.75, 3.05) is 17.7 Å². The molecule has 1 aromatic heterocycles. The molecule has 30 heavy (non-hydrogen) atoms. The number of hydrogen-bond acceptors (Lipinski definition) is 5. The maximum absolute atomic E-state index is 13.9. The zero-order chi connectivity index (χ0) is 21.7. The van der Waals surface area contributed by atoms with Crippen LogP contribution in [-0.4, -0.2) is 23.9 Å². The number of ether oxygens (including phenoxy) is 1. The number of rotatable bonds is 7. The molecule has 0 unspecified atom stereocenters. The van der Waals surface area contributed by atoms with Crippen molar-refractivity contribution >= 4 is 23.2 Å². The van der Waals surface area contributed by atoms with Gasteiger partial charge in [-0.3, -0.25) is 9.59 Å². The van der Waals surface area contributed by atoms with Crippen LogP contribution >= 0.6 is 0 Å². The second-order valence-electron chi connectivity index (χ2n) is 6.39. The molecule has 0 saturated heterocycles. The third kappa shape index (κ3) is 5.19. The molecule has 0 bridgehead atoms. The van der Waals surface area contributed by atoms with Crippen LogP contribution in [0.25, 0.3) is 11.3 Å². The van der Waals surface area contributed by atoms with Gasteiger partial charge in [-0.1, -0.05) is 0 Å². The Hall–Kier alpha value is -3.75. The molecule has 0 radical (unpaired) electrons. The van der Waals surface area contributed by atoms with Crippen molar-refractivity contribution in [3.8, 4) is 17.1 Å². The molecular weight excluding hydrogens is 396 g/mol. The molecule has 3 aromatic rings. The summed E-state index contributed by atoms with van der Waals surface area (Å²) < 4.78 is 37.6. The third-order valence-corrected chi connectivity index (χ3v) is 4.11. The number of methoxy groups -OCH3 is 1. The lowest BCUT2D eigenvalue weighted by atomic mass is 10.2. The molecule has 7 nitrogen and oxygen atoms in total. The zero-order valence-corrected chi connectivity index (χ0v) is 16.3. The maximum atomic E-state index is 13.9. The van der Waals surface area contributed by atoms with Crippen LogP contribution < -0.4 is 15.4 Å². The van der Waals surface area contributed by atoms with Crippen LogP contribution in [0.3, 0.4) is 0 Å². The average molecular weight is 415 g/mol. The molecule has 2 aromatic carbocycles. The van der Waals surface area contributed by atoms with Crippen LogP contribution in [0.5, 0.6) is 5.75 Å². The van der Waals surface area contributed by atoms with Gasteiger partial charge in [0.25, 0.3) is 0 Å². The van der Waals surface area contributed by atoms with E-state index in [0.717, 1.165) is 12.1 Å². The zero-order valence-electron chi connectivity index (χ0n) is 16.3. The van der Waals surface area contributed by atoms with E-state index >= 15 is 0 Å². The minimum Gasteiger partial charge on any atom is -0.495 e. The number of oxazole rings is 1. The van der Waals surface area contributed by atoms with Crippen LogP contribution in [0.4, 0.5) is 20.2 Å². The first-order valence-corrected chi connectivity index (χ1v) is 9.01. The summed E-state index contributed by atoms with van der Waals surface area (Å²) in [6.45, 7) is 1.38. The molecule has 2 N–H and O–H groups in total. The highest BCUT2D eigenvalue weighted by molar-refractivity contribution is 5.95. The lowest BCUT2D eigenvalue weighted by Crippen LogP contribution is -2.14. The van der Waals surface area contributed by atoms with Gasteiger partial charge in [-0.15, -0.1) is 0 Å². The van der Waals surface area contributed by atoms with E-state index in [-0.39, 0.29) is 41.9 Å². The number of aryl methyl sites for hydroxylation is 1. The fourth-order valence-electron chi connectivity index (χ4n) is 2.76. The Bertz CT molecular complexity index is 1080. The van der Waals surface area contributed by atoms with E-state index in [1.807, 2.05) is 0 Å². The summed E-state index contributed by atoms with van der Waals surface area (Å²) in [6.07, 6.45) is 1.53. The van der Waals surface area contributed by atoms with E-state index in [9.17, 15) is 18.4 Å². The summed E-state index contributed by atoms with van der Waals surface area (Å²) in [6, 6.07) is 8.00. The minimum atomic E-state index is -0.762. The number of amides is 2. The van der Waals surface area contributed by atoms with Crippen LogP contribution in [0.2, 0.25) is 0 Å². The lowest BCUT2D eigenvalue weighted by molar-refractivity contribution is -0.116. The van der Waals surface area contributed by atoms with Gasteiger partial charge < -0.3 is 19.8 Å². The van der Waals surface area contributed by atoms with E-state index < -0.39 is 11.6 Å². The second kappa shape index (κ2) is 9.17. The monoisotopic (exact) mass is 415 g/mol. The van der Waals surface area contributed by atoms with Crippen LogP contribution in [0, 0.1) is 11.6 Å². The lowest BCUT2D eigenvalue weighted by Gasteiger charge is -2.12. The normalized spacial score (nSPS) is 10.5. The smallest absolute Gasteiger partial charge is 0.224 e. The number of nitrogens with zero attached hydrogens (tertiary/aromatic N) is 1. The highest BCUT2D eigenvalue weighted by atomic mass is 19.1. The largest absolute Gasteiger partial charge is 0.495 e. The number of halogens is 2. The summed E-state index contributed by atoms with van der Waals surface area (Å²) in [5.41, 5.74) is 0.992. The Morgan fingerprint density at radius 3 is 2.63 bits per heavy atom. The van der Waals surface area contributed by atoms with E-state index in [4.69, 9.17) is 9.15 Å². The van der Waals surface area contributed by atoms with Gasteiger partial charge in [-0.25, -0.2) is 13.8 Å². The van der Waals surface area contributed by atoms with E-state index in [1.165, 1.54) is 26.3 Å². The van der Waals surface area contributed by atoms with Crippen molar-refractivity contribution in [3.05, 3.63) is 60.1 Å². The summed E-state index contributed by atoms with van der Waals surface area (Å²) in [4.78, 5) is 27.6. The molecule has 0 aliphatic heterocycles. The molecule has 156 valence electrons. The van der Waals surface area contributed by atoms with Crippen molar-refractivity contribution in [1.82, 2.24) is 4.98 Å². The van der Waals surface area contributed by atoms with Gasteiger partial charge in [-0.2, -0.15) is 0 Å². The molecule has 0 fully saturated rings. The molecular formula is C21H19F2N3O4. The van der Waals surface area contributed by atoms with E-state index in [0.29, 0.717) is 17.1 Å². The summed E-state index contributed by atoms with van der Waals surface area (Å²) in [5, 5.41) is 5.34. The molecule has 9 heteroatoms. The Kier molecular flexibility index (Phi) is 6.41. The number of anilines is 2. The molecule has 0 aliphatic rings. The predicted octanol–water partition coefficient (Wildman–Crippen LogP) is 4.16. The molecule has 0 atom stereocenters. The highest BCUT2D eigenvalue weighted by Gasteiger charge is 2.14. The van der Waals surface area contributed by atoms with Gasteiger partial charge >= 0.3 is 0 Å². The number of carbonyl (C=O) groups excluding carboxylic acids is 2. The van der Waals surface area contributed by atoms with Crippen LogP contribution in [0.1, 0.15) is 19.2 Å². The molecule has 2 amide bonds. The third-order valence-electron chi connectivity index (χ3n) is 4.11. The standard InChI is InChI=1S/C21H19F2N3O4/c1-12(27)25-14-4-6-18(29-2)17(10-14)26-20(28)7-8-21-24-11-19(30-21)15-5-3-13(22)9-16(15)23/h3-6,9-11H,7-8H2,1-2H3,(H,25,27)(H,26,28). The predicted molar refractivity (Wildman–Crippen MR) is 106 cm³/mol. The molecule has 0 aliphatic carbocycles. The van der Waals surface area contributed by atoms with Gasteiger partial charge in [0.2, 0.25) is 11.8 Å². The Morgan fingerprint density at radius 1 is 1.13 bits per heavy atom. The number of benzene rings is 2. The Morgan fingerprint density at radius 2 is 1.93 bits per heavy atom. The van der Waals surface area contributed by atoms with Gasteiger partial charge in [0, 0.05) is 31.5 Å². The van der Waals surface area contributed by atoms with Crippen molar-refractivity contribution in [3.63, 3.8) is 0 Å². The van der Waals surface area contributed by atoms with Crippen molar-refractivity contribution in [1.29, 1.82) is 0 Å². The summed E-state index contributed by atoms with van der Waals surface area (Å²) >= 11 is 0. The topological polar surface area (TPSA) is 93.5 Å².